The van der Waals surface area contributed by atoms with Crippen molar-refractivity contribution in [3.63, 3.8) is 0 Å². The first-order valence-corrected chi connectivity index (χ1v) is 7.73. The number of rotatable bonds is 5. The third-order valence-electron chi connectivity index (χ3n) is 3.88. The molecule has 0 bridgehead atoms. The summed E-state index contributed by atoms with van der Waals surface area (Å²) in [6, 6.07) is 16.6. The Kier molecular flexibility index (Phi) is 4.61. The summed E-state index contributed by atoms with van der Waals surface area (Å²) in [5, 5.41) is 7.10. The molecule has 5 heteroatoms. The van der Waals surface area contributed by atoms with Crippen molar-refractivity contribution in [1.82, 2.24) is 15.1 Å². The quantitative estimate of drug-likeness (QED) is 0.783. The average Bonchev–Trinajstić information content (AvgIpc) is 2.93. The highest BCUT2D eigenvalue weighted by molar-refractivity contribution is 5.96. The normalized spacial score (nSPS) is 10.4. The smallest absolute Gasteiger partial charge is 0.255 e. The molecule has 122 valence electrons. The van der Waals surface area contributed by atoms with Gasteiger partial charge in [-0.05, 0) is 31.2 Å². The summed E-state index contributed by atoms with van der Waals surface area (Å²) in [5.41, 5.74) is 2.53. The van der Waals surface area contributed by atoms with Gasteiger partial charge in [0.1, 0.15) is 11.5 Å². The molecule has 0 saturated heterocycles. The Balaban J connectivity index is 1.74. The molecule has 2 aromatic carbocycles. The first-order chi connectivity index (χ1) is 11.6. The van der Waals surface area contributed by atoms with Crippen molar-refractivity contribution >= 4 is 5.91 Å². The Hall–Kier alpha value is -3.08. The molecule has 1 N–H and O–H groups in total. The van der Waals surface area contributed by atoms with E-state index < -0.39 is 0 Å². The minimum Gasteiger partial charge on any atom is -0.457 e. The fourth-order valence-corrected chi connectivity index (χ4v) is 2.35. The summed E-state index contributed by atoms with van der Waals surface area (Å²) in [4.78, 5) is 12.5. The Morgan fingerprint density at radius 2 is 1.83 bits per heavy atom. The number of carbonyl (C=O) groups excluding carboxylic acids is 1. The average molecular weight is 321 g/mol. The van der Waals surface area contributed by atoms with Gasteiger partial charge in [-0.15, -0.1) is 0 Å². The monoisotopic (exact) mass is 321 g/mol. The van der Waals surface area contributed by atoms with Crippen molar-refractivity contribution in [1.29, 1.82) is 0 Å². The molecule has 1 heterocycles. The standard InChI is InChI=1S/C19H19N3O2/c1-14-15(13-21-22(14)2)12-20-19(23)17-10-6-7-11-18(17)24-16-8-4-3-5-9-16/h3-11,13H,12H2,1-2H3,(H,20,23). The van der Waals surface area contributed by atoms with Gasteiger partial charge in [0.15, 0.2) is 0 Å². The zero-order chi connectivity index (χ0) is 16.9. The van der Waals surface area contributed by atoms with E-state index in [0.29, 0.717) is 23.6 Å². The van der Waals surface area contributed by atoms with E-state index >= 15 is 0 Å². The van der Waals surface area contributed by atoms with E-state index in [4.69, 9.17) is 4.74 Å². The number of carbonyl (C=O) groups is 1. The van der Waals surface area contributed by atoms with E-state index in [1.165, 1.54) is 0 Å². The summed E-state index contributed by atoms with van der Waals surface area (Å²) in [6.45, 7) is 2.40. The molecule has 0 aliphatic rings. The van der Waals surface area contributed by atoms with E-state index in [0.717, 1.165) is 11.3 Å². The second kappa shape index (κ2) is 7.00. The number of para-hydroxylation sites is 2. The van der Waals surface area contributed by atoms with Crippen molar-refractivity contribution < 1.29 is 9.53 Å². The lowest BCUT2D eigenvalue weighted by molar-refractivity contribution is 0.0948. The zero-order valence-corrected chi connectivity index (χ0v) is 13.7. The molecule has 0 atom stereocenters. The van der Waals surface area contributed by atoms with Crippen molar-refractivity contribution in [2.45, 2.75) is 13.5 Å². The van der Waals surface area contributed by atoms with Gasteiger partial charge in [0, 0.05) is 24.8 Å². The van der Waals surface area contributed by atoms with Crippen LogP contribution < -0.4 is 10.1 Å². The molecule has 0 radical (unpaired) electrons. The van der Waals surface area contributed by atoms with Crippen LogP contribution in [0.2, 0.25) is 0 Å². The van der Waals surface area contributed by atoms with Crippen LogP contribution in [0.1, 0.15) is 21.6 Å². The maximum absolute atomic E-state index is 12.5. The van der Waals surface area contributed by atoms with Gasteiger partial charge in [-0.2, -0.15) is 5.10 Å². The van der Waals surface area contributed by atoms with Crippen molar-refractivity contribution in [3.05, 3.63) is 77.6 Å². The van der Waals surface area contributed by atoms with Crippen LogP contribution in [0.3, 0.4) is 0 Å². The molecule has 1 amide bonds. The molecule has 0 spiro atoms. The second-order valence-corrected chi connectivity index (χ2v) is 5.47. The van der Waals surface area contributed by atoms with Crippen LogP contribution in [-0.2, 0) is 13.6 Å². The molecule has 3 rings (SSSR count). The molecule has 0 unspecified atom stereocenters. The zero-order valence-electron chi connectivity index (χ0n) is 13.7. The lowest BCUT2D eigenvalue weighted by Crippen LogP contribution is -2.23. The first-order valence-electron chi connectivity index (χ1n) is 7.73. The molecule has 24 heavy (non-hydrogen) atoms. The van der Waals surface area contributed by atoms with Crippen LogP contribution in [0.4, 0.5) is 0 Å². The van der Waals surface area contributed by atoms with E-state index in [-0.39, 0.29) is 5.91 Å². The van der Waals surface area contributed by atoms with Gasteiger partial charge in [-0.25, -0.2) is 0 Å². The largest absolute Gasteiger partial charge is 0.457 e. The molecule has 0 aliphatic carbocycles. The van der Waals surface area contributed by atoms with E-state index in [2.05, 4.69) is 10.4 Å². The fourth-order valence-electron chi connectivity index (χ4n) is 2.35. The second-order valence-electron chi connectivity index (χ2n) is 5.47. The lowest BCUT2D eigenvalue weighted by Gasteiger charge is -2.11. The van der Waals surface area contributed by atoms with Gasteiger partial charge in [0.2, 0.25) is 0 Å². The highest BCUT2D eigenvalue weighted by atomic mass is 16.5. The summed E-state index contributed by atoms with van der Waals surface area (Å²) < 4.78 is 7.62. The summed E-state index contributed by atoms with van der Waals surface area (Å²) >= 11 is 0. The predicted molar refractivity (Wildman–Crippen MR) is 92.1 cm³/mol. The van der Waals surface area contributed by atoms with Crippen molar-refractivity contribution in [2.75, 3.05) is 0 Å². The van der Waals surface area contributed by atoms with Gasteiger partial charge < -0.3 is 10.1 Å². The highest BCUT2D eigenvalue weighted by Crippen LogP contribution is 2.25. The minimum absolute atomic E-state index is 0.176. The summed E-state index contributed by atoms with van der Waals surface area (Å²) in [7, 11) is 1.88. The van der Waals surface area contributed by atoms with E-state index in [1.54, 1.807) is 23.0 Å². The molecule has 1 aromatic heterocycles. The lowest BCUT2D eigenvalue weighted by atomic mass is 10.1. The number of hydrogen-bond donors (Lipinski definition) is 1. The molecular formula is C19H19N3O2. The van der Waals surface area contributed by atoms with Gasteiger partial charge >= 0.3 is 0 Å². The third-order valence-corrected chi connectivity index (χ3v) is 3.88. The third kappa shape index (κ3) is 3.46. The maximum Gasteiger partial charge on any atom is 0.255 e. The molecule has 3 aromatic rings. The molecule has 5 nitrogen and oxygen atoms in total. The van der Waals surface area contributed by atoms with Gasteiger partial charge in [-0.3, -0.25) is 9.48 Å². The van der Waals surface area contributed by atoms with Gasteiger partial charge in [-0.1, -0.05) is 30.3 Å². The number of benzene rings is 2. The number of aryl methyl sites for hydroxylation is 1. The Labute approximate surface area is 140 Å². The number of amides is 1. The summed E-state index contributed by atoms with van der Waals surface area (Å²) in [6.07, 6.45) is 1.77. The Morgan fingerprint density at radius 1 is 1.12 bits per heavy atom. The predicted octanol–water partition coefficient (Wildman–Crippen LogP) is 3.45. The maximum atomic E-state index is 12.5. The first kappa shape index (κ1) is 15.8. The van der Waals surface area contributed by atoms with Crippen LogP contribution in [0.25, 0.3) is 0 Å². The fraction of sp³-hybridized carbons (Fsp3) is 0.158. The van der Waals surface area contributed by atoms with Gasteiger partial charge in [0.25, 0.3) is 5.91 Å². The molecule has 0 fully saturated rings. The van der Waals surface area contributed by atoms with Crippen LogP contribution >= 0.6 is 0 Å². The number of nitrogens with one attached hydrogen (secondary N) is 1. The van der Waals surface area contributed by atoms with Crippen molar-refractivity contribution in [2.24, 2.45) is 7.05 Å². The van der Waals surface area contributed by atoms with E-state index in [1.807, 2.05) is 56.4 Å². The number of hydrogen-bond acceptors (Lipinski definition) is 3. The van der Waals surface area contributed by atoms with Crippen LogP contribution in [0.5, 0.6) is 11.5 Å². The number of aromatic nitrogens is 2. The van der Waals surface area contributed by atoms with Gasteiger partial charge in [0.05, 0.1) is 11.8 Å². The highest BCUT2D eigenvalue weighted by Gasteiger charge is 2.13. The van der Waals surface area contributed by atoms with Crippen LogP contribution in [0.15, 0.2) is 60.8 Å². The Morgan fingerprint density at radius 3 is 2.54 bits per heavy atom. The van der Waals surface area contributed by atoms with Crippen LogP contribution in [-0.4, -0.2) is 15.7 Å². The molecular weight excluding hydrogens is 302 g/mol. The van der Waals surface area contributed by atoms with Crippen molar-refractivity contribution in [3.8, 4) is 11.5 Å². The topological polar surface area (TPSA) is 56.1 Å². The summed E-state index contributed by atoms with van der Waals surface area (Å²) in [5.74, 6) is 1.05. The minimum atomic E-state index is -0.176. The van der Waals surface area contributed by atoms with E-state index in [9.17, 15) is 4.79 Å². The number of ether oxygens (including phenoxy) is 1. The molecule has 0 aliphatic heterocycles. The molecule has 0 saturated carbocycles. The van der Waals surface area contributed by atoms with Crippen LogP contribution in [0, 0.1) is 6.92 Å². The Bertz CT molecular complexity index is 841. The SMILES string of the molecule is Cc1c(CNC(=O)c2ccccc2Oc2ccccc2)cnn1C. The number of nitrogens with zero attached hydrogens (tertiary/aromatic N) is 2.